The second-order valence-electron chi connectivity index (χ2n) is 6.43. The zero-order valence-electron chi connectivity index (χ0n) is 16.1. The van der Waals surface area contributed by atoms with E-state index in [4.69, 9.17) is 4.74 Å². The number of para-hydroxylation sites is 2. The molecule has 2 aromatic carbocycles. The minimum absolute atomic E-state index is 0.218. The Balaban J connectivity index is 1.58. The van der Waals surface area contributed by atoms with Crippen LogP contribution in [0.4, 0.5) is 10.1 Å². The molecule has 0 radical (unpaired) electrons. The van der Waals surface area contributed by atoms with Gasteiger partial charge in [-0.25, -0.2) is 14.1 Å². The smallest absolute Gasteiger partial charge is 0.264 e. The molecule has 4 rings (SSSR count). The number of hydrogen-bond acceptors (Lipinski definition) is 5. The fourth-order valence-corrected chi connectivity index (χ4v) is 3.03. The highest BCUT2D eigenvalue weighted by Crippen LogP contribution is 2.23. The summed E-state index contributed by atoms with van der Waals surface area (Å²) in [5.41, 5.74) is 1.02. The van der Waals surface area contributed by atoms with E-state index >= 15 is 0 Å². The maximum absolute atomic E-state index is 13.2. The highest BCUT2D eigenvalue weighted by molar-refractivity contribution is 5.92. The summed E-state index contributed by atoms with van der Waals surface area (Å²) < 4.78 is 21.3. The standard InChI is InChI=1S/C21H18FN5O3/c1-2-30-18-6-4-3-5-17(18)25-19(28)12-26-13-23-20-16(21(26)29)11-24-27(20)15-9-7-14(22)8-10-15/h3-11,13H,2,12H2,1H3,(H,25,28). The fraction of sp³-hybridized carbons (Fsp3) is 0.143. The molecule has 0 saturated carbocycles. The van der Waals surface area contributed by atoms with E-state index in [1.807, 2.05) is 13.0 Å². The molecule has 1 amide bonds. The van der Waals surface area contributed by atoms with E-state index in [1.54, 1.807) is 18.2 Å². The second-order valence-corrected chi connectivity index (χ2v) is 6.43. The highest BCUT2D eigenvalue weighted by atomic mass is 19.1. The van der Waals surface area contributed by atoms with Gasteiger partial charge in [0.15, 0.2) is 5.65 Å². The van der Waals surface area contributed by atoms with Gasteiger partial charge in [0.05, 0.1) is 24.2 Å². The van der Waals surface area contributed by atoms with Crippen LogP contribution in [0.2, 0.25) is 0 Å². The van der Waals surface area contributed by atoms with Crippen LogP contribution in [0.3, 0.4) is 0 Å². The van der Waals surface area contributed by atoms with Crippen LogP contribution >= 0.6 is 0 Å². The third-order valence-corrected chi connectivity index (χ3v) is 4.40. The second kappa shape index (κ2) is 8.16. The molecule has 30 heavy (non-hydrogen) atoms. The van der Waals surface area contributed by atoms with E-state index in [-0.39, 0.29) is 17.7 Å². The number of anilines is 1. The predicted octanol–water partition coefficient (Wildman–Crippen LogP) is 2.76. The van der Waals surface area contributed by atoms with Crippen molar-refractivity contribution in [2.75, 3.05) is 11.9 Å². The van der Waals surface area contributed by atoms with Gasteiger partial charge in [-0.2, -0.15) is 5.10 Å². The first-order valence-corrected chi connectivity index (χ1v) is 9.27. The first-order chi connectivity index (χ1) is 14.6. The quantitative estimate of drug-likeness (QED) is 0.531. The van der Waals surface area contributed by atoms with Crippen molar-refractivity contribution in [1.82, 2.24) is 19.3 Å². The van der Waals surface area contributed by atoms with Gasteiger partial charge in [-0.3, -0.25) is 14.2 Å². The lowest BCUT2D eigenvalue weighted by atomic mass is 10.3. The first-order valence-electron chi connectivity index (χ1n) is 9.27. The average molecular weight is 407 g/mol. The number of nitrogens with one attached hydrogen (secondary N) is 1. The zero-order valence-corrected chi connectivity index (χ0v) is 16.1. The van der Waals surface area contributed by atoms with E-state index < -0.39 is 11.5 Å². The van der Waals surface area contributed by atoms with Crippen molar-refractivity contribution in [3.8, 4) is 11.4 Å². The number of hydrogen-bond donors (Lipinski definition) is 1. The van der Waals surface area contributed by atoms with Gasteiger partial charge >= 0.3 is 0 Å². The lowest BCUT2D eigenvalue weighted by Gasteiger charge is -2.12. The molecule has 2 heterocycles. The lowest BCUT2D eigenvalue weighted by molar-refractivity contribution is -0.116. The van der Waals surface area contributed by atoms with Gasteiger partial charge in [0.2, 0.25) is 5.91 Å². The Morgan fingerprint density at radius 2 is 1.93 bits per heavy atom. The summed E-state index contributed by atoms with van der Waals surface area (Å²) in [6.45, 7) is 2.10. The number of carbonyl (C=O) groups excluding carboxylic acids is 1. The molecule has 152 valence electrons. The third kappa shape index (κ3) is 3.77. The van der Waals surface area contributed by atoms with Crippen LogP contribution in [-0.4, -0.2) is 31.8 Å². The first kappa shape index (κ1) is 19.3. The van der Waals surface area contributed by atoms with Crippen LogP contribution < -0.4 is 15.6 Å². The van der Waals surface area contributed by atoms with Crippen LogP contribution in [0.5, 0.6) is 5.75 Å². The van der Waals surface area contributed by atoms with E-state index in [1.165, 1.54) is 46.0 Å². The molecule has 8 nitrogen and oxygen atoms in total. The number of aromatic nitrogens is 4. The summed E-state index contributed by atoms with van der Waals surface area (Å²) in [5, 5.41) is 7.18. The topological polar surface area (TPSA) is 91.0 Å². The van der Waals surface area contributed by atoms with Gasteiger partial charge in [0.25, 0.3) is 5.56 Å². The summed E-state index contributed by atoms with van der Waals surface area (Å²) in [6, 6.07) is 12.7. The van der Waals surface area contributed by atoms with Crippen LogP contribution in [-0.2, 0) is 11.3 Å². The number of rotatable bonds is 6. The van der Waals surface area contributed by atoms with Crippen molar-refractivity contribution in [3.63, 3.8) is 0 Å². The van der Waals surface area contributed by atoms with Crippen molar-refractivity contribution in [2.45, 2.75) is 13.5 Å². The largest absolute Gasteiger partial charge is 0.492 e. The van der Waals surface area contributed by atoms with E-state index in [0.717, 1.165) is 0 Å². The molecule has 0 bridgehead atoms. The molecule has 0 fully saturated rings. The Bertz CT molecular complexity index is 1260. The monoisotopic (exact) mass is 407 g/mol. The summed E-state index contributed by atoms with van der Waals surface area (Å²) in [7, 11) is 0. The molecule has 4 aromatic rings. The summed E-state index contributed by atoms with van der Waals surface area (Å²) >= 11 is 0. The molecule has 1 N–H and O–H groups in total. The molecule has 0 saturated heterocycles. The molecular weight excluding hydrogens is 389 g/mol. The Hall–Kier alpha value is -4.01. The lowest BCUT2D eigenvalue weighted by Crippen LogP contribution is -2.28. The van der Waals surface area contributed by atoms with Gasteiger partial charge < -0.3 is 10.1 Å². The maximum Gasteiger partial charge on any atom is 0.264 e. The Labute approximate surface area is 170 Å². The molecule has 0 atom stereocenters. The van der Waals surface area contributed by atoms with Crippen molar-refractivity contribution in [1.29, 1.82) is 0 Å². The van der Waals surface area contributed by atoms with Gasteiger partial charge in [0, 0.05) is 0 Å². The van der Waals surface area contributed by atoms with Crippen LogP contribution in [0.1, 0.15) is 6.92 Å². The number of halogens is 1. The van der Waals surface area contributed by atoms with E-state index in [0.29, 0.717) is 29.4 Å². The fourth-order valence-electron chi connectivity index (χ4n) is 3.03. The molecule has 0 unspecified atom stereocenters. The summed E-state index contributed by atoms with van der Waals surface area (Å²) in [4.78, 5) is 29.5. The zero-order chi connectivity index (χ0) is 21.1. The molecule has 2 aromatic heterocycles. The van der Waals surface area contributed by atoms with Crippen LogP contribution in [0, 0.1) is 5.82 Å². The van der Waals surface area contributed by atoms with Gasteiger partial charge in [0.1, 0.15) is 29.8 Å². The Morgan fingerprint density at radius 3 is 2.70 bits per heavy atom. The third-order valence-electron chi connectivity index (χ3n) is 4.40. The maximum atomic E-state index is 13.2. The SMILES string of the molecule is CCOc1ccccc1NC(=O)Cn1cnc2c(cnn2-c2ccc(F)cc2)c1=O. The molecule has 0 aliphatic heterocycles. The predicted molar refractivity (Wildman–Crippen MR) is 109 cm³/mol. The van der Waals surface area contributed by atoms with Crippen molar-refractivity contribution in [3.05, 3.63) is 77.2 Å². The number of benzene rings is 2. The number of nitrogens with zero attached hydrogens (tertiary/aromatic N) is 4. The minimum Gasteiger partial charge on any atom is -0.492 e. The molecular formula is C21H18FN5O3. The van der Waals surface area contributed by atoms with E-state index in [9.17, 15) is 14.0 Å². The van der Waals surface area contributed by atoms with Gasteiger partial charge in [-0.1, -0.05) is 12.1 Å². The van der Waals surface area contributed by atoms with Gasteiger partial charge in [-0.05, 0) is 43.3 Å². The van der Waals surface area contributed by atoms with Gasteiger partial charge in [-0.15, -0.1) is 0 Å². The average Bonchev–Trinajstić information content (AvgIpc) is 3.17. The number of ether oxygens (including phenoxy) is 1. The van der Waals surface area contributed by atoms with Crippen LogP contribution in [0.15, 0.2) is 65.8 Å². The van der Waals surface area contributed by atoms with Crippen molar-refractivity contribution < 1.29 is 13.9 Å². The summed E-state index contributed by atoms with van der Waals surface area (Å²) in [5.74, 6) is -0.214. The number of carbonyl (C=O) groups is 1. The summed E-state index contributed by atoms with van der Waals surface area (Å²) in [6.07, 6.45) is 2.67. The molecule has 0 aliphatic carbocycles. The van der Waals surface area contributed by atoms with Crippen molar-refractivity contribution in [2.24, 2.45) is 0 Å². The van der Waals surface area contributed by atoms with Crippen LogP contribution in [0.25, 0.3) is 16.7 Å². The molecule has 0 spiro atoms. The Kier molecular flexibility index (Phi) is 5.25. The number of fused-ring (bicyclic) bond motifs is 1. The molecule has 0 aliphatic rings. The minimum atomic E-state index is -0.401. The highest BCUT2D eigenvalue weighted by Gasteiger charge is 2.14. The normalized spacial score (nSPS) is 10.9. The molecule has 9 heteroatoms. The van der Waals surface area contributed by atoms with E-state index in [2.05, 4.69) is 15.4 Å². The van der Waals surface area contributed by atoms with Crippen molar-refractivity contribution >= 4 is 22.6 Å². The Morgan fingerprint density at radius 1 is 1.17 bits per heavy atom. The number of amides is 1.